The number of benzene rings is 2. The number of hydrogen-bond donors (Lipinski definition) is 1. The molecule has 0 saturated carbocycles. The molecule has 0 fully saturated rings. The molecule has 0 spiro atoms. The van der Waals surface area contributed by atoms with E-state index in [2.05, 4.69) is 0 Å². The fourth-order valence-electron chi connectivity index (χ4n) is 1.60. The van der Waals surface area contributed by atoms with Gasteiger partial charge in [0.25, 0.3) is 0 Å². The number of thiocarbonyl (C=S) groups is 1. The number of hydrogen-bond acceptors (Lipinski definition) is 3. The number of rotatable bonds is 6. The Bertz CT molecular complexity index is 634. The van der Waals surface area contributed by atoms with Crippen LogP contribution in [0.3, 0.4) is 0 Å². The summed E-state index contributed by atoms with van der Waals surface area (Å²) >= 11 is 10.5. The maximum absolute atomic E-state index is 13.0. The maximum atomic E-state index is 13.0. The second kappa shape index (κ2) is 7.24. The van der Waals surface area contributed by atoms with E-state index in [-0.39, 0.29) is 5.02 Å². The van der Waals surface area contributed by atoms with Crippen LogP contribution in [0.15, 0.2) is 42.5 Å². The minimum Gasteiger partial charge on any atom is -0.490 e. The lowest BCUT2D eigenvalue weighted by Crippen LogP contribution is -2.10. The van der Waals surface area contributed by atoms with Gasteiger partial charge >= 0.3 is 0 Å². The summed E-state index contributed by atoms with van der Waals surface area (Å²) in [5.74, 6) is 0.711. The SMILES string of the molecule is NC(=S)c1ccc(OCCOc2ccc(F)c(Cl)c2)cc1. The topological polar surface area (TPSA) is 44.5 Å². The standard InChI is InChI=1S/C15H13ClFNO2S/c16-13-9-12(5-6-14(13)17)20-8-7-19-11-3-1-10(2-4-11)15(18)21/h1-6,9H,7-8H2,(H2,18,21). The van der Waals surface area contributed by atoms with Gasteiger partial charge in [-0.1, -0.05) is 23.8 Å². The van der Waals surface area contributed by atoms with Crippen molar-refractivity contribution in [1.82, 2.24) is 0 Å². The Morgan fingerprint density at radius 3 is 2.19 bits per heavy atom. The molecular weight excluding hydrogens is 313 g/mol. The summed E-state index contributed by atoms with van der Waals surface area (Å²) in [6.45, 7) is 0.667. The molecule has 2 aromatic rings. The normalized spacial score (nSPS) is 10.2. The molecule has 0 aliphatic rings. The number of nitrogens with two attached hydrogens (primary N) is 1. The van der Waals surface area contributed by atoms with Gasteiger partial charge < -0.3 is 15.2 Å². The molecule has 0 bridgehead atoms. The maximum Gasteiger partial charge on any atom is 0.142 e. The van der Waals surface area contributed by atoms with E-state index in [1.54, 1.807) is 24.3 Å². The van der Waals surface area contributed by atoms with Gasteiger partial charge in [0.2, 0.25) is 0 Å². The van der Waals surface area contributed by atoms with Gasteiger partial charge in [-0.2, -0.15) is 0 Å². The van der Waals surface area contributed by atoms with Crippen molar-refractivity contribution in [1.29, 1.82) is 0 Å². The molecule has 0 unspecified atom stereocenters. The predicted molar refractivity (Wildman–Crippen MR) is 84.7 cm³/mol. The number of ether oxygens (including phenoxy) is 2. The quantitative estimate of drug-likeness (QED) is 0.651. The average molecular weight is 326 g/mol. The Morgan fingerprint density at radius 2 is 1.62 bits per heavy atom. The van der Waals surface area contributed by atoms with Crippen LogP contribution in [0.1, 0.15) is 5.56 Å². The fourth-order valence-corrected chi connectivity index (χ4v) is 1.91. The minimum absolute atomic E-state index is 0.0294. The van der Waals surface area contributed by atoms with Crippen LogP contribution >= 0.6 is 23.8 Å². The van der Waals surface area contributed by atoms with Crippen molar-refractivity contribution in [2.45, 2.75) is 0 Å². The zero-order valence-electron chi connectivity index (χ0n) is 11.0. The lowest BCUT2D eigenvalue weighted by molar-refractivity contribution is 0.217. The summed E-state index contributed by atoms with van der Waals surface area (Å²) in [5, 5.41) is 0.0294. The van der Waals surface area contributed by atoms with Crippen molar-refractivity contribution in [2.75, 3.05) is 13.2 Å². The van der Waals surface area contributed by atoms with Crippen LogP contribution in [0.5, 0.6) is 11.5 Å². The molecule has 0 radical (unpaired) electrons. The van der Waals surface area contributed by atoms with E-state index >= 15 is 0 Å². The third-order valence-corrected chi connectivity index (χ3v) is 3.18. The predicted octanol–water partition coefficient (Wildman–Crippen LogP) is 3.57. The Balaban J connectivity index is 1.79. The van der Waals surface area contributed by atoms with Gasteiger partial charge in [0.1, 0.15) is 35.5 Å². The zero-order chi connectivity index (χ0) is 15.2. The summed E-state index contributed by atoms with van der Waals surface area (Å²) in [7, 11) is 0. The van der Waals surface area contributed by atoms with Crippen LogP contribution in [0.4, 0.5) is 4.39 Å². The van der Waals surface area contributed by atoms with Crippen LogP contribution < -0.4 is 15.2 Å². The molecular formula is C15H13ClFNO2S. The van der Waals surface area contributed by atoms with Gasteiger partial charge in [-0.05, 0) is 36.4 Å². The first-order valence-electron chi connectivity index (χ1n) is 6.17. The molecule has 0 saturated heterocycles. The van der Waals surface area contributed by atoms with E-state index in [1.165, 1.54) is 18.2 Å². The van der Waals surface area contributed by atoms with Gasteiger partial charge in [-0.15, -0.1) is 0 Å². The van der Waals surface area contributed by atoms with E-state index in [1.807, 2.05) is 0 Å². The van der Waals surface area contributed by atoms with Crippen molar-refractivity contribution in [2.24, 2.45) is 5.73 Å². The molecule has 3 nitrogen and oxygen atoms in total. The molecule has 0 atom stereocenters. The van der Waals surface area contributed by atoms with Crippen molar-refractivity contribution < 1.29 is 13.9 Å². The van der Waals surface area contributed by atoms with Gasteiger partial charge in [0, 0.05) is 11.6 Å². The summed E-state index contributed by atoms with van der Waals surface area (Å²) in [5.41, 5.74) is 6.29. The van der Waals surface area contributed by atoms with Crippen LogP contribution in [0, 0.1) is 5.82 Å². The molecule has 21 heavy (non-hydrogen) atoms. The molecule has 0 amide bonds. The average Bonchev–Trinajstić information content (AvgIpc) is 2.47. The second-order valence-electron chi connectivity index (χ2n) is 4.16. The lowest BCUT2D eigenvalue weighted by Gasteiger charge is -2.09. The van der Waals surface area contributed by atoms with E-state index in [0.717, 1.165) is 5.56 Å². The van der Waals surface area contributed by atoms with Crippen LogP contribution in [0.2, 0.25) is 5.02 Å². The third-order valence-electron chi connectivity index (χ3n) is 2.65. The molecule has 2 aromatic carbocycles. The second-order valence-corrected chi connectivity index (χ2v) is 5.01. The summed E-state index contributed by atoms with van der Waals surface area (Å²) in [6, 6.07) is 11.3. The van der Waals surface area contributed by atoms with Crippen molar-refractivity contribution in [3.63, 3.8) is 0 Å². The van der Waals surface area contributed by atoms with Gasteiger partial charge in [0.15, 0.2) is 0 Å². The summed E-state index contributed by atoms with van der Waals surface area (Å²) in [6.07, 6.45) is 0. The smallest absolute Gasteiger partial charge is 0.142 e. The molecule has 0 aliphatic heterocycles. The van der Waals surface area contributed by atoms with E-state index in [9.17, 15) is 4.39 Å². The molecule has 110 valence electrons. The van der Waals surface area contributed by atoms with Crippen molar-refractivity contribution in [3.05, 3.63) is 58.9 Å². The van der Waals surface area contributed by atoms with Crippen LogP contribution in [-0.4, -0.2) is 18.2 Å². The monoisotopic (exact) mass is 325 g/mol. The lowest BCUT2D eigenvalue weighted by atomic mass is 10.2. The van der Waals surface area contributed by atoms with E-state index < -0.39 is 5.82 Å². The highest BCUT2D eigenvalue weighted by atomic mass is 35.5. The van der Waals surface area contributed by atoms with Crippen molar-refractivity contribution >= 4 is 28.8 Å². The highest BCUT2D eigenvalue weighted by Gasteiger charge is 2.02. The Morgan fingerprint density at radius 1 is 1.05 bits per heavy atom. The van der Waals surface area contributed by atoms with Crippen LogP contribution in [0.25, 0.3) is 0 Å². The molecule has 2 N–H and O–H groups in total. The first kappa shape index (κ1) is 15.5. The van der Waals surface area contributed by atoms with Gasteiger partial charge in [-0.25, -0.2) is 4.39 Å². The minimum atomic E-state index is -0.474. The molecule has 2 rings (SSSR count). The Kier molecular flexibility index (Phi) is 5.36. The Hall–Kier alpha value is -1.85. The highest BCUT2D eigenvalue weighted by Crippen LogP contribution is 2.21. The van der Waals surface area contributed by atoms with Crippen LogP contribution in [-0.2, 0) is 0 Å². The third kappa shape index (κ3) is 4.58. The van der Waals surface area contributed by atoms with Crippen molar-refractivity contribution in [3.8, 4) is 11.5 Å². The zero-order valence-corrected chi connectivity index (χ0v) is 12.6. The number of halogens is 2. The molecule has 6 heteroatoms. The molecule has 0 heterocycles. The van der Waals surface area contributed by atoms with E-state index in [0.29, 0.717) is 29.7 Å². The van der Waals surface area contributed by atoms with E-state index in [4.69, 9.17) is 39.0 Å². The van der Waals surface area contributed by atoms with Gasteiger partial charge in [-0.3, -0.25) is 0 Å². The first-order chi connectivity index (χ1) is 10.1. The fraction of sp³-hybridized carbons (Fsp3) is 0.133. The first-order valence-corrected chi connectivity index (χ1v) is 6.95. The highest BCUT2D eigenvalue weighted by molar-refractivity contribution is 7.80. The summed E-state index contributed by atoms with van der Waals surface area (Å²) < 4.78 is 23.9. The summed E-state index contributed by atoms with van der Waals surface area (Å²) in [4.78, 5) is 0.345. The largest absolute Gasteiger partial charge is 0.490 e. The Labute approximate surface area is 132 Å². The molecule has 0 aromatic heterocycles. The molecule has 0 aliphatic carbocycles. The van der Waals surface area contributed by atoms with Gasteiger partial charge in [0.05, 0.1) is 5.02 Å².